The fraction of sp³-hybridized carbons (Fsp3) is 0.348. The van der Waals surface area contributed by atoms with Crippen LogP contribution in [0.3, 0.4) is 0 Å². The molecule has 2 aliphatic rings. The SMILES string of the molecule is CC(CC(=O)Nc1cccc(N2C(=O)c3ccccc3C2=O)c1)C1CCCNC1.Cl. The molecule has 0 aliphatic carbocycles. The number of nitrogens with zero attached hydrogens (tertiary/aromatic N) is 1. The van der Waals surface area contributed by atoms with Crippen molar-refractivity contribution in [1.82, 2.24) is 5.32 Å². The second kappa shape index (κ2) is 9.41. The van der Waals surface area contributed by atoms with Crippen LogP contribution in [0.25, 0.3) is 0 Å². The second-order valence-corrected chi connectivity index (χ2v) is 7.88. The summed E-state index contributed by atoms with van der Waals surface area (Å²) in [4.78, 5) is 39.0. The molecule has 2 unspecified atom stereocenters. The van der Waals surface area contributed by atoms with Gasteiger partial charge in [0.15, 0.2) is 0 Å². The molecule has 0 spiro atoms. The summed E-state index contributed by atoms with van der Waals surface area (Å²) in [7, 11) is 0. The van der Waals surface area contributed by atoms with Crippen LogP contribution >= 0.6 is 12.4 Å². The Kier molecular flexibility index (Phi) is 6.90. The molecule has 2 heterocycles. The second-order valence-electron chi connectivity index (χ2n) is 7.88. The van der Waals surface area contributed by atoms with Gasteiger partial charge in [0.05, 0.1) is 16.8 Å². The lowest BCUT2D eigenvalue weighted by molar-refractivity contribution is -0.117. The van der Waals surface area contributed by atoms with E-state index >= 15 is 0 Å². The van der Waals surface area contributed by atoms with Gasteiger partial charge >= 0.3 is 0 Å². The van der Waals surface area contributed by atoms with Crippen LogP contribution in [-0.4, -0.2) is 30.8 Å². The summed E-state index contributed by atoms with van der Waals surface area (Å²) < 4.78 is 0. The van der Waals surface area contributed by atoms with E-state index in [9.17, 15) is 14.4 Å². The highest BCUT2D eigenvalue weighted by molar-refractivity contribution is 6.34. The fourth-order valence-corrected chi connectivity index (χ4v) is 4.18. The van der Waals surface area contributed by atoms with Gasteiger partial charge in [0.2, 0.25) is 5.91 Å². The number of carbonyl (C=O) groups is 3. The van der Waals surface area contributed by atoms with Gasteiger partial charge in [-0.15, -0.1) is 12.4 Å². The van der Waals surface area contributed by atoms with Crippen molar-refractivity contribution in [1.29, 1.82) is 0 Å². The molecule has 4 rings (SSSR count). The summed E-state index contributed by atoms with van der Waals surface area (Å²) in [6, 6.07) is 13.7. The number of imide groups is 1. The molecule has 0 radical (unpaired) electrons. The number of anilines is 2. The van der Waals surface area contributed by atoms with Crippen molar-refractivity contribution in [3.8, 4) is 0 Å². The number of rotatable bonds is 5. The van der Waals surface area contributed by atoms with Crippen LogP contribution in [-0.2, 0) is 4.79 Å². The van der Waals surface area contributed by atoms with Crippen LogP contribution < -0.4 is 15.5 Å². The average Bonchev–Trinajstić information content (AvgIpc) is 2.99. The number of halogens is 1. The van der Waals surface area contributed by atoms with Gasteiger partial charge in [-0.25, -0.2) is 4.90 Å². The van der Waals surface area contributed by atoms with Crippen molar-refractivity contribution in [2.24, 2.45) is 11.8 Å². The summed E-state index contributed by atoms with van der Waals surface area (Å²) >= 11 is 0. The molecule has 2 aromatic rings. The number of hydrogen-bond donors (Lipinski definition) is 2. The van der Waals surface area contributed by atoms with E-state index < -0.39 is 0 Å². The first-order valence-electron chi connectivity index (χ1n) is 10.1. The van der Waals surface area contributed by atoms with E-state index in [4.69, 9.17) is 0 Å². The molecule has 2 atom stereocenters. The van der Waals surface area contributed by atoms with E-state index in [1.807, 2.05) is 0 Å². The molecule has 1 saturated heterocycles. The normalized spacial score (nSPS) is 19.1. The van der Waals surface area contributed by atoms with Gasteiger partial charge in [-0.2, -0.15) is 0 Å². The molecule has 0 aromatic heterocycles. The molecule has 2 N–H and O–H groups in total. The number of nitrogens with one attached hydrogen (secondary N) is 2. The van der Waals surface area contributed by atoms with E-state index in [2.05, 4.69) is 17.6 Å². The minimum Gasteiger partial charge on any atom is -0.326 e. The predicted molar refractivity (Wildman–Crippen MR) is 119 cm³/mol. The zero-order chi connectivity index (χ0) is 20.4. The third kappa shape index (κ3) is 4.40. The molecule has 30 heavy (non-hydrogen) atoms. The average molecular weight is 428 g/mol. The summed E-state index contributed by atoms with van der Waals surface area (Å²) in [5.41, 5.74) is 1.85. The largest absolute Gasteiger partial charge is 0.326 e. The van der Waals surface area contributed by atoms with Gasteiger partial charge in [-0.1, -0.05) is 25.1 Å². The molecule has 2 aromatic carbocycles. The summed E-state index contributed by atoms with van der Waals surface area (Å²) in [5, 5.41) is 6.31. The Morgan fingerprint density at radius 3 is 2.47 bits per heavy atom. The minimum absolute atomic E-state index is 0. The van der Waals surface area contributed by atoms with Crippen molar-refractivity contribution in [3.05, 3.63) is 59.7 Å². The van der Waals surface area contributed by atoms with Gasteiger partial charge in [0, 0.05) is 12.1 Å². The lowest BCUT2D eigenvalue weighted by atomic mass is 9.85. The third-order valence-electron chi connectivity index (χ3n) is 5.83. The molecule has 2 aliphatic heterocycles. The first kappa shape index (κ1) is 22.0. The molecule has 6 nitrogen and oxygen atoms in total. The third-order valence-corrected chi connectivity index (χ3v) is 5.83. The van der Waals surface area contributed by atoms with E-state index in [1.165, 1.54) is 0 Å². The van der Waals surface area contributed by atoms with Crippen LogP contribution in [0.5, 0.6) is 0 Å². The van der Waals surface area contributed by atoms with E-state index in [-0.39, 0.29) is 30.1 Å². The maximum atomic E-state index is 12.7. The lowest BCUT2D eigenvalue weighted by Crippen LogP contribution is -2.34. The van der Waals surface area contributed by atoms with Crippen LogP contribution in [0.1, 0.15) is 46.9 Å². The molecule has 3 amide bonds. The summed E-state index contributed by atoms with van der Waals surface area (Å²) in [5.74, 6) is 0.0731. The first-order chi connectivity index (χ1) is 14.0. The van der Waals surface area contributed by atoms with E-state index in [1.54, 1.807) is 48.5 Å². The maximum Gasteiger partial charge on any atom is 0.266 e. The molecular weight excluding hydrogens is 402 g/mol. The molecular formula is C23H26ClN3O3. The van der Waals surface area contributed by atoms with Crippen LogP contribution in [0, 0.1) is 11.8 Å². The van der Waals surface area contributed by atoms with Crippen molar-refractivity contribution >= 4 is 41.5 Å². The Hall–Kier alpha value is -2.70. The van der Waals surface area contributed by atoms with E-state index in [0.29, 0.717) is 40.8 Å². The van der Waals surface area contributed by atoms with Crippen molar-refractivity contribution in [2.45, 2.75) is 26.2 Å². The highest BCUT2D eigenvalue weighted by atomic mass is 35.5. The van der Waals surface area contributed by atoms with Crippen molar-refractivity contribution in [2.75, 3.05) is 23.3 Å². The number of hydrogen-bond acceptors (Lipinski definition) is 4. The monoisotopic (exact) mass is 427 g/mol. The highest BCUT2D eigenvalue weighted by Crippen LogP contribution is 2.30. The topological polar surface area (TPSA) is 78.5 Å². The predicted octanol–water partition coefficient (Wildman–Crippen LogP) is 3.87. The van der Waals surface area contributed by atoms with Crippen LogP contribution in [0.2, 0.25) is 0 Å². The number of carbonyl (C=O) groups excluding carboxylic acids is 3. The van der Waals surface area contributed by atoms with Crippen molar-refractivity contribution < 1.29 is 14.4 Å². The first-order valence-corrected chi connectivity index (χ1v) is 10.1. The van der Waals surface area contributed by atoms with Gasteiger partial charge in [0.1, 0.15) is 0 Å². The standard InChI is InChI=1S/C23H25N3O3.ClH/c1-15(16-6-5-11-24-14-16)12-21(27)25-17-7-4-8-18(13-17)26-22(28)19-9-2-3-10-20(19)23(26)29;/h2-4,7-10,13,15-16,24H,5-6,11-12,14H2,1H3,(H,25,27);1H. The van der Waals surface area contributed by atoms with Gasteiger partial charge in [-0.05, 0) is 68.1 Å². The summed E-state index contributed by atoms with van der Waals surface area (Å²) in [6.07, 6.45) is 2.75. The van der Waals surface area contributed by atoms with Crippen LogP contribution in [0.15, 0.2) is 48.5 Å². The highest BCUT2D eigenvalue weighted by Gasteiger charge is 2.36. The van der Waals surface area contributed by atoms with Gasteiger partial charge < -0.3 is 10.6 Å². The number of piperidine rings is 1. The maximum absolute atomic E-state index is 12.7. The molecule has 1 fully saturated rings. The molecule has 7 heteroatoms. The van der Waals surface area contributed by atoms with Crippen molar-refractivity contribution in [3.63, 3.8) is 0 Å². The van der Waals surface area contributed by atoms with Crippen LogP contribution in [0.4, 0.5) is 11.4 Å². The zero-order valence-corrected chi connectivity index (χ0v) is 17.7. The Balaban J connectivity index is 0.00000256. The Labute approximate surface area is 182 Å². The summed E-state index contributed by atoms with van der Waals surface area (Å²) in [6.45, 7) is 4.14. The molecule has 0 bridgehead atoms. The minimum atomic E-state index is -0.340. The zero-order valence-electron chi connectivity index (χ0n) is 16.9. The molecule has 0 saturated carbocycles. The quantitative estimate of drug-likeness (QED) is 0.710. The Bertz CT molecular complexity index is 921. The number of amides is 3. The molecule has 158 valence electrons. The Morgan fingerprint density at radius 1 is 1.13 bits per heavy atom. The van der Waals surface area contributed by atoms with E-state index in [0.717, 1.165) is 30.8 Å². The lowest BCUT2D eigenvalue weighted by Gasteiger charge is -2.28. The Morgan fingerprint density at radius 2 is 1.83 bits per heavy atom. The smallest absolute Gasteiger partial charge is 0.266 e. The fourth-order valence-electron chi connectivity index (χ4n) is 4.18. The number of benzene rings is 2. The van der Waals surface area contributed by atoms with Gasteiger partial charge in [0.25, 0.3) is 11.8 Å². The van der Waals surface area contributed by atoms with Gasteiger partial charge in [-0.3, -0.25) is 14.4 Å². The number of fused-ring (bicyclic) bond motifs is 1.